The first-order chi connectivity index (χ1) is 10.3. The van der Waals surface area contributed by atoms with Crippen LogP contribution in [0.4, 0.5) is 0 Å². The van der Waals surface area contributed by atoms with Gasteiger partial charge in [-0.05, 0) is 29.5 Å². The predicted molar refractivity (Wildman–Crippen MR) is 78.3 cm³/mol. The minimum atomic E-state index is -0.673. The number of ether oxygens (including phenoxy) is 1. The number of carboxylic acid groups (broad SMARTS) is 1. The average molecular weight is 280 g/mol. The number of carbonyl (C=O) groups is 1. The fourth-order valence-corrected chi connectivity index (χ4v) is 3.62. The molecule has 0 radical (unpaired) electrons. The highest BCUT2D eigenvalue weighted by atomic mass is 16.5. The number of carboxylic acids is 1. The Morgan fingerprint density at radius 2 is 1.95 bits per heavy atom. The second-order valence-corrected chi connectivity index (χ2v) is 5.86. The molecule has 0 bridgehead atoms. The van der Waals surface area contributed by atoms with Crippen LogP contribution < -0.4 is 4.74 Å². The maximum absolute atomic E-state index is 11.2. The molecule has 21 heavy (non-hydrogen) atoms. The van der Waals surface area contributed by atoms with Gasteiger partial charge in [-0.1, -0.05) is 42.5 Å². The van der Waals surface area contributed by atoms with E-state index >= 15 is 0 Å². The van der Waals surface area contributed by atoms with E-state index in [2.05, 4.69) is 6.07 Å². The van der Waals surface area contributed by atoms with E-state index in [4.69, 9.17) is 4.74 Å². The molecule has 3 atom stereocenters. The van der Waals surface area contributed by atoms with Crippen molar-refractivity contribution < 1.29 is 14.6 Å². The molecule has 0 amide bonds. The van der Waals surface area contributed by atoms with E-state index in [-0.39, 0.29) is 17.8 Å². The molecule has 2 aromatic carbocycles. The number of aliphatic carboxylic acids is 1. The minimum absolute atomic E-state index is 0.157. The molecule has 4 rings (SSSR count). The van der Waals surface area contributed by atoms with Crippen molar-refractivity contribution in [1.82, 2.24) is 0 Å². The van der Waals surface area contributed by atoms with Crippen molar-refractivity contribution in [3.63, 3.8) is 0 Å². The van der Waals surface area contributed by atoms with Crippen LogP contribution in [0.3, 0.4) is 0 Å². The fraction of sp³-hybridized carbons (Fsp3) is 0.278. The lowest BCUT2D eigenvalue weighted by atomic mass is 10.0. The van der Waals surface area contributed by atoms with Crippen LogP contribution >= 0.6 is 0 Å². The van der Waals surface area contributed by atoms with Gasteiger partial charge in [0.05, 0.1) is 5.92 Å². The van der Waals surface area contributed by atoms with E-state index in [0.29, 0.717) is 6.61 Å². The van der Waals surface area contributed by atoms with Gasteiger partial charge in [-0.25, -0.2) is 0 Å². The summed E-state index contributed by atoms with van der Waals surface area (Å²) in [7, 11) is 0. The Morgan fingerprint density at radius 3 is 2.71 bits per heavy atom. The number of rotatable bonds is 4. The third-order valence-corrected chi connectivity index (χ3v) is 4.64. The normalized spacial score (nSPS) is 25.0. The predicted octanol–water partition coefficient (Wildman–Crippen LogP) is 3.24. The highest BCUT2D eigenvalue weighted by Crippen LogP contribution is 2.63. The van der Waals surface area contributed by atoms with Gasteiger partial charge < -0.3 is 9.84 Å². The summed E-state index contributed by atoms with van der Waals surface area (Å²) in [6, 6.07) is 16.1. The first kappa shape index (κ1) is 12.5. The van der Waals surface area contributed by atoms with Crippen molar-refractivity contribution in [3.8, 4) is 5.75 Å². The first-order valence-electron chi connectivity index (χ1n) is 7.27. The summed E-state index contributed by atoms with van der Waals surface area (Å²) >= 11 is 0. The van der Waals surface area contributed by atoms with E-state index in [0.717, 1.165) is 23.3 Å². The monoisotopic (exact) mass is 280 g/mol. The molecule has 2 aliphatic carbocycles. The van der Waals surface area contributed by atoms with E-state index < -0.39 is 5.97 Å². The van der Waals surface area contributed by atoms with Crippen molar-refractivity contribution >= 4 is 5.97 Å². The van der Waals surface area contributed by atoms with Gasteiger partial charge in [0.2, 0.25) is 0 Å². The second kappa shape index (κ2) is 4.62. The Bertz CT molecular complexity index is 693. The Labute approximate surface area is 123 Å². The molecule has 3 heteroatoms. The molecule has 0 aliphatic heterocycles. The number of benzene rings is 2. The van der Waals surface area contributed by atoms with Crippen LogP contribution in [0.15, 0.2) is 48.5 Å². The zero-order chi connectivity index (χ0) is 14.4. The van der Waals surface area contributed by atoms with Gasteiger partial charge in [0.1, 0.15) is 12.4 Å². The van der Waals surface area contributed by atoms with Gasteiger partial charge in [-0.3, -0.25) is 4.79 Å². The lowest BCUT2D eigenvalue weighted by molar-refractivity contribution is -0.139. The smallest absolute Gasteiger partial charge is 0.307 e. The molecule has 3 nitrogen and oxygen atoms in total. The van der Waals surface area contributed by atoms with Crippen LogP contribution in [0.5, 0.6) is 5.75 Å². The quantitative estimate of drug-likeness (QED) is 0.935. The van der Waals surface area contributed by atoms with Crippen LogP contribution in [0.1, 0.15) is 22.6 Å². The summed E-state index contributed by atoms with van der Waals surface area (Å²) in [5.74, 6) is 0.406. The molecule has 1 fully saturated rings. The van der Waals surface area contributed by atoms with Crippen molar-refractivity contribution in [2.24, 2.45) is 11.8 Å². The number of fused-ring (bicyclic) bond motifs is 3. The number of hydrogen-bond acceptors (Lipinski definition) is 2. The Morgan fingerprint density at radius 1 is 1.14 bits per heavy atom. The third-order valence-electron chi connectivity index (χ3n) is 4.64. The number of hydrogen-bond donors (Lipinski definition) is 1. The van der Waals surface area contributed by atoms with E-state index in [9.17, 15) is 9.90 Å². The average Bonchev–Trinajstić information content (AvgIpc) is 3.08. The minimum Gasteiger partial charge on any atom is -0.489 e. The molecule has 2 aliphatic rings. The summed E-state index contributed by atoms with van der Waals surface area (Å²) in [4.78, 5) is 11.2. The first-order valence-corrected chi connectivity index (χ1v) is 7.27. The van der Waals surface area contributed by atoms with Crippen molar-refractivity contribution in [3.05, 3.63) is 65.2 Å². The molecular weight excluding hydrogens is 264 g/mol. The van der Waals surface area contributed by atoms with Gasteiger partial charge in [0, 0.05) is 11.5 Å². The van der Waals surface area contributed by atoms with Gasteiger partial charge >= 0.3 is 5.97 Å². The van der Waals surface area contributed by atoms with E-state index in [1.54, 1.807) is 0 Å². The molecule has 1 saturated carbocycles. The summed E-state index contributed by atoms with van der Waals surface area (Å²) in [5, 5.41) is 9.24. The standard InChI is InChI=1S/C18H16O3/c19-18(20)17-13-9-12-7-4-8-14(15(12)16(13)17)21-10-11-5-2-1-3-6-11/h1-8,13,16-17H,9-10H2,(H,19,20)/t13-,16-,17+/m0/s1. The second-order valence-electron chi connectivity index (χ2n) is 5.86. The molecule has 2 aromatic rings. The Balaban J connectivity index is 1.58. The highest BCUT2D eigenvalue weighted by Gasteiger charge is 2.60. The Hall–Kier alpha value is -2.29. The summed E-state index contributed by atoms with van der Waals surface area (Å²) in [5.41, 5.74) is 3.51. The van der Waals surface area contributed by atoms with Crippen LogP contribution in [0.25, 0.3) is 0 Å². The molecule has 1 N–H and O–H groups in total. The van der Waals surface area contributed by atoms with E-state index in [1.807, 2.05) is 42.5 Å². The SMILES string of the molecule is O=C(O)[C@@H]1[C@H]2Cc3cccc(OCc4ccccc4)c3[C@H]21. The molecule has 0 heterocycles. The summed E-state index contributed by atoms with van der Waals surface area (Å²) < 4.78 is 5.97. The van der Waals surface area contributed by atoms with Crippen LogP contribution in [0, 0.1) is 11.8 Å². The van der Waals surface area contributed by atoms with Gasteiger partial charge in [-0.2, -0.15) is 0 Å². The summed E-state index contributed by atoms with van der Waals surface area (Å²) in [6.07, 6.45) is 0.875. The van der Waals surface area contributed by atoms with Crippen molar-refractivity contribution in [2.45, 2.75) is 18.9 Å². The molecule has 106 valence electrons. The maximum atomic E-state index is 11.2. The third kappa shape index (κ3) is 2.00. The van der Waals surface area contributed by atoms with Crippen LogP contribution in [-0.2, 0) is 17.8 Å². The zero-order valence-electron chi connectivity index (χ0n) is 11.5. The van der Waals surface area contributed by atoms with Crippen molar-refractivity contribution in [1.29, 1.82) is 0 Å². The van der Waals surface area contributed by atoms with Crippen molar-refractivity contribution in [2.75, 3.05) is 0 Å². The molecule has 0 aromatic heterocycles. The maximum Gasteiger partial charge on any atom is 0.307 e. The topological polar surface area (TPSA) is 46.5 Å². The Kier molecular flexibility index (Phi) is 2.74. The van der Waals surface area contributed by atoms with Gasteiger partial charge in [0.15, 0.2) is 0 Å². The lowest BCUT2D eigenvalue weighted by Gasteiger charge is -2.13. The fourth-order valence-electron chi connectivity index (χ4n) is 3.62. The zero-order valence-corrected chi connectivity index (χ0v) is 11.5. The molecular formula is C18H16O3. The lowest BCUT2D eigenvalue weighted by Crippen LogP contribution is -2.06. The van der Waals surface area contributed by atoms with Crippen LogP contribution in [0.2, 0.25) is 0 Å². The molecule has 0 spiro atoms. The van der Waals surface area contributed by atoms with Crippen LogP contribution in [-0.4, -0.2) is 11.1 Å². The van der Waals surface area contributed by atoms with E-state index in [1.165, 1.54) is 5.56 Å². The van der Waals surface area contributed by atoms with Gasteiger partial charge in [0.25, 0.3) is 0 Å². The van der Waals surface area contributed by atoms with Gasteiger partial charge in [-0.15, -0.1) is 0 Å². The highest BCUT2D eigenvalue weighted by molar-refractivity contribution is 5.78. The largest absolute Gasteiger partial charge is 0.489 e. The molecule has 0 unspecified atom stereocenters. The summed E-state index contributed by atoms with van der Waals surface area (Å²) in [6.45, 7) is 0.520. The molecule has 0 saturated heterocycles.